The Balaban J connectivity index is 1.74. The zero-order chi connectivity index (χ0) is 19.7. The van der Waals surface area contributed by atoms with Crippen LogP contribution in [-0.2, 0) is 10.9 Å². The molecular formula is C18H20F3N5OS. The monoisotopic (exact) mass is 411 g/mol. The van der Waals surface area contributed by atoms with E-state index in [1.54, 1.807) is 13.3 Å². The lowest BCUT2D eigenvalue weighted by Gasteiger charge is -2.36. The van der Waals surface area contributed by atoms with Crippen molar-refractivity contribution in [3.63, 3.8) is 0 Å². The molecule has 10 heteroatoms. The molecule has 150 valence electrons. The molecule has 0 aromatic carbocycles. The Hall–Kier alpha value is -2.17. The van der Waals surface area contributed by atoms with Gasteiger partial charge >= 0.3 is 6.18 Å². The number of piperazine rings is 1. The van der Waals surface area contributed by atoms with E-state index in [0.29, 0.717) is 53.2 Å². The van der Waals surface area contributed by atoms with E-state index >= 15 is 0 Å². The van der Waals surface area contributed by atoms with Gasteiger partial charge in [-0.3, -0.25) is 0 Å². The second kappa shape index (κ2) is 7.69. The Morgan fingerprint density at radius 3 is 3.04 bits per heavy atom. The van der Waals surface area contributed by atoms with Gasteiger partial charge in [-0.2, -0.15) is 13.2 Å². The Morgan fingerprint density at radius 1 is 1.39 bits per heavy atom. The highest BCUT2D eigenvalue weighted by atomic mass is 32.1. The third-order valence-electron chi connectivity index (χ3n) is 4.74. The van der Waals surface area contributed by atoms with Crippen LogP contribution in [0.4, 0.5) is 24.0 Å². The van der Waals surface area contributed by atoms with E-state index in [-0.39, 0.29) is 6.04 Å². The molecule has 6 nitrogen and oxygen atoms in total. The standard InChI is InChI=1S/C18H20F3N5OS/c1-27-8-4-12-10-26(7-6-22-12)13-9-11-3-2-5-23-15(11)25-16-14(13)24-17(28-16)18(19,20)21/h2-3,5,9,12,22H,4,6-8,10H2,1H3,(H,23,25)/t12-/m0/s1. The van der Waals surface area contributed by atoms with Crippen LogP contribution in [0.3, 0.4) is 0 Å². The predicted octanol–water partition coefficient (Wildman–Crippen LogP) is 3.42. The average molecular weight is 411 g/mol. The molecule has 28 heavy (non-hydrogen) atoms. The first-order chi connectivity index (χ1) is 13.5. The van der Waals surface area contributed by atoms with E-state index in [9.17, 15) is 13.2 Å². The first-order valence-electron chi connectivity index (χ1n) is 8.95. The van der Waals surface area contributed by atoms with Gasteiger partial charge in [-0.1, -0.05) is 11.3 Å². The van der Waals surface area contributed by atoms with Crippen molar-refractivity contribution in [3.05, 3.63) is 34.6 Å². The summed E-state index contributed by atoms with van der Waals surface area (Å²) in [5.74, 6) is 0.530. The van der Waals surface area contributed by atoms with Crippen molar-refractivity contribution < 1.29 is 17.9 Å². The molecule has 1 atom stereocenters. The predicted molar refractivity (Wildman–Crippen MR) is 102 cm³/mol. The number of alkyl halides is 3. The van der Waals surface area contributed by atoms with Crippen LogP contribution in [-0.4, -0.2) is 54.3 Å². The van der Waals surface area contributed by atoms with Crippen LogP contribution in [0.5, 0.6) is 0 Å². The van der Waals surface area contributed by atoms with Gasteiger partial charge in [-0.25, -0.2) is 9.97 Å². The summed E-state index contributed by atoms with van der Waals surface area (Å²) in [5.41, 5.74) is 1.83. The molecule has 2 aromatic rings. The van der Waals surface area contributed by atoms with Gasteiger partial charge in [0.1, 0.15) is 16.5 Å². The van der Waals surface area contributed by atoms with Crippen molar-refractivity contribution in [3.8, 4) is 0 Å². The second-order valence-corrected chi connectivity index (χ2v) is 7.67. The van der Waals surface area contributed by atoms with Gasteiger partial charge in [-0.15, -0.1) is 0 Å². The van der Waals surface area contributed by atoms with E-state index < -0.39 is 11.2 Å². The van der Waals surface area contributed by atoms with E-state index in [1.807, 2.05) is 18.2 Å². The molecule has 0 amide bonds. The molecule has 2 aliphatic rings. The molecule has 0 bridgehead atoms. The summed E-state index contributed by atoms with van der Waals surface area (Å²) in [5, 5.41) is 5.98. The summed E-state index contributed by atoms with van der Waals surface area (Å²) >= 11 is 0.611. The smallest absolute Gasteiger partial charge is 0.385 e. The quantitative estimate of drug-likeness (QED) is 0.804. The van der Waals surface area contributed by atoms with Crippen molar-refractivity contribution in [2.75, 3.05) is 38.7 Å². The molecule has 0 unspecified atom stereocenters. The highest BCUT2D eigenvalue weighted by Gasteiger charge is 2.38. The first-order valence-corrected chi connectivity index (χ1v) is 9.77. The van der Waals surface area contributed by atoms with Gasteiger partial charge in [0, 0.05) is 51.2 Å². The molecule has 2 aromatic heterocycles. The lowest BCUT2D eigenvalue weighted by atomic mass is 10.1. The van der Waals surface area contributed by atoms with Gasteiger partial charge in [0.05, 0.1) is 5.70 Å². The number of nitrogens with one attached hydrogen (secondary N) is 2. The molecule has 1 saturated heterocycles. The number of rotatable bonds is 4. The fourth-order valence-corrected chi connectivity index (χ4v) is 4.24. The summed E-state index contributed by atoms with van der Waals surface area (Å²) in [6.45, 7) is 2.72. The molecule has 0 aliphatic carbocycles. The van der Waals surface area contributed by atoms with Crippen molar-refractivity contribution in [1.82, 2.24) is 20.2 Å². The van der Waals surface area contributed by atoms with Gasteiger partial charge in [0.2, 0.25) is 5.01 Å². The fourth-order valence-electron chi connectivity index (χ4n) is 3.40. The Bertz CT molecular complexity index is 882. The topological polar surface area (TPSA) is 62.3 Å². The Labute approximate surface area is 164 Å². The number of ether oxygens (including phenoxy) is 1. The van der Waals surface area contributed by atoms with Crippen LogP contribution < -0.4 is 10.6 Å². The highest BCUT2D eigenvalue weighted by molar-refractivity contribution is 7.16. The SMILES string of the molecule is COCC[C@H]1CN(C2=Cc3cccnc3Nc3sc(C(F)(F)F)nc32)CCN1. The summed E-state index contributed by atoms with van der Waals surface area (Å²) in [6.07, 6.45) is -0.170. The van der Waals surface area contributed by atoms with Crippen LogP contribution >= 0.6 is 11.3 Å². The average Bonchev–Trinajstić information content (AvgIpc) is 3.03. The van der Waals surface area contributed by atoms with E-state index in [4.69, 9.17) is 4.74 Å². The van der Waals surface area contributed by atoms with Crippen molar-refractivity contribution in [1.29, 1.82) is 0 Å². The van der Waals surface area contributed by atoms with Gasteiger partial charge in [0.25, 0.3) is 0 Å². The lowest BCUT2D eigenvalue weighted by Crippen LogP contribution is -2.50. The summed E-state index contributed by atoms with van der Waals surface area (Å²) < 4.78 is 45.0. The molecule has 2 aliphatic heterocycles. The number of halogens is 3. The number of aromatic nitrogens is 2. The third kappa shape index (κ3) is 3.85. The van der Waals surface area contributed by atoms with Crippen LogP contribution in [0, 0.1) is 0 Å². The molecule has 4 rings (SSSR count). The molecule has 4 heterocycles. The Kier molecular flexibility index (Phi) is 5.26. The first kappa shape index (κ1) is 19.2. The maximum absolute atomic E-state index is 13.3. The van der Waals surface area contributed by atoms with Crippen molar-refractivity contribution in [2.24, 2.45) is 0 Å². The van der Waals surface area contributed by atoms with E-state index in [2.05, 4.69) is 25.5 Å². The summed E-state index contributed by atoms with van der Waals surface area (Å²) in [4.78, 5) is 10.3. The third-order valence-corrected chi connectivity index (χ3v) is 5.76. The minimum atomic E-state index is -4.49. The fraction of sp³-hybridized carbons (Fsp3) is 0.444. The van der Waals surface area contributed by atoms with Crippen molar-refractivity contribution in [2.45, 2.75) is 18.6 Å². The van der Waals surface area contributed by atoms with Crippen LogP contribution in [0.25, 0.3) is 11.8 Å². The number of nitrogens with zero attached hydrogens (tertiary/aromatic N) is 3. The van der Waals surface area contributed by atoms with Crippen molar-refractivity contribution >= 4 is 33.9 Å². The molecule has 0 spiro atoms. The summed E-state index contributed by atoms with van der Waals surface area (Å²) in [6, 6.07) is 3.89. The molecule has 0 saturated carbocycles. The van der Waals surface area contributed by atoms with Gasteiger partial charge in [0.15, 0.2) is 0 Å². The summed E-state index contributed by atoms with van der Waals surface area (Å²) in [7, 11) is 1.66. The Morgan fingerprint density at radius 2 is 2.25 bits per heavy atom. The maximum Gasteiger partial charge on any atom is 0.443 e. The molecule has 2 N–H and O–H groups in total. The van der Waals surface area contributed by atoms with Gasteiger partial charge in [-0.05, 0) is 24.6 Å². The zero-order valence-electron chi connectivity index (χ0n) is 15.2. The molecule has 0 radical (unpaired) electrons. The number of hydrogen-bond donors (Lipinski definition) is 2. The lowest BCUT2D eigenvalue weighted by molar-refractivity contribution is -0.137. The maximum atomic E-state index is 13.3. The minimum absolute atomic E-state index is 0.198. The normalized spacial score (nSPS) is 19.4. The van der Waals surface area contributed by atoms with Crippen LogP contribution in [0.15, 0.2) is 18.3 Å². The second-order valence-electron chi connectivity index (χ2n) is 6.67. The number of anilines is 2. The van der Waals surface area contributed by atoms with E-state index in [1.165, 1.54) is 0 Å². The van der Waals surface area contributed by atoms with Crippen LogP contribution in [0.1, 0.15) is 22.7 Å². The number of hydrogen-bond acceptors (Lipinski definition) is 7. The van der Waals surface area contributed by atoms with Gasteiger partial charge < -0.3 is 20.3 Å². The van der Waals surface area contributed by atoms with E-state index in [0.717, 1.165) is 18.5 Å². The number of fused-ring (bicyclic) bond motifs is 2. The van der Waals surface area contributed by atoms with Crippen LogP contribution in [0.2, 0.25) is 0 Å². The number of pyridine rings is 1. The highest BCUT2D eigenvalue weighted by Crippen LogP contribution is 2.43. The number of methoxy groups -OCH3 is 1. The largest absolute Gasteiger partial charge is 0.443 e. The number of thiazole rings is 1. The molecular weight excluding hydrogens is 391 g/mol. The molecule has 1 fully saturated rings. The zero-order valence-corrected chi connectivity index (χ0v) is 16.0. The minimum Gasteiger partial charge on any atom is -0.385 e.